The Morgan fingerprint density at radius 2 is 1.82 bits per heavy atom. The number of hydrogen-bond acceptors (Lipinski definition) is 3. The minimum atomic E-state index is -3.41. The summed E-state index contributed by atoms with van der Waals surface area (Å²) in [5.41, 5.74) is 1.71. The molecule has 0 aliphatic heterocycles. The van der Waals surface area contributed by atoms with E-state index in [9.17, 15) is 13.2 Å². The molecule has 0 unspecified atom stereocenters. The molecule has 0 aliphatic rings. The van der Waals surface area contributed by atoms with Crippen LogP contribution in [0, 0.1) is 5.92 Å². The maximum absolute atomic E-state index is 12.4. The summed E-state index contributed by atoms with van der Waals surface area (Å²) in [5.74, 6) is 0.743. The van der Waals surface area contributed by atoms with Crippen LogP contribution in [0.15, 0.2) is 24.3 Å². The molecule has 0 aromatic heterocycles. The van der Waals surface area contributed by atoms with Gasteiger partial charge in [0.25, 0.3) is 0 Å². The van der Waals surface area contributed by atoms with E-state index in [-0.39, 0.29) is 11.8 Å². The molecule has 0 radical (unpaired) electrons. The first kappa shape index (κ1) is 24.5. The number of para-hydroxylation sites is 1. The third kappa shape index (κ3) is 8.21. The van der Waals surface area contributed by atoms with Crippen LogP contribution < -0.4 is 9.62 Å². The van der Waals surface area contributed by atoms with Gasteiger partial charge in [-0.2, -0.15) is 0 Å². The van der Waals surface area contributed by atoms with Gasteiger partial charge in [0, 0.05) is 19.5 Å². The highest BCUT2D eigenvalue weighted by molar-refractivity contribution is 7.92. The number of hydrogen-bond donors (Lipinski definition) is 1. The number of nitrogens with zero attached hydrogens (tertiary/aromatic N) is 1. The fourth-order valence-electron chi connectivity index (χ4n) is 3.34. The molecule has 28 heavy (non-hydrogen) atoms. The Balaban J connectivity index is 2.65. The highest BCUT2D eigenvalue weighted by Crippen LogP contribution is 2.29. The van der Waals surface area contributed by atoms with E-state index in [0.29, 0.717) is 37.5 Å². The first-order valence-electron chi connectivity index (χ1n) is 10.5. The van der Waals surface area contributed by atoms with Gasteiger partial charge < -0.3 is 5.32 Å². The van der Waals surface area contributed by atoms with Crippen LogP contribution in [0.5, 0.6) is 0 Å². The standard InChI is InChI=1S/C22H38N2O3S/c1-6-8-12-19(7-2)17-23-22(25)15-11-16-24(28(5,26)27)21-14-10-9-13-20(21)18(3)4/h9-10,13-14,18-19H,6-8,11-12,15-17H2,1-5H3,(H,23,25)/t19-/m1/s1. The van der Waals surface area contributed by atoms with Gasteiger partial charge >= 0.3 is 0 Å². The molecule has 0 heterocycles. The minimum absolute atomic E-state index is 0.000504. The third-order valence-electron chi connectivity index (χ3n) is 5.12. The minimum Gasteiger partial charge on any atom is -0.356 e. The van der Waals surface area contributed by atoms with Gasteiger partial charge in [-0.3, -0.25) is 9.10 Å². The van der Waals surface area contributed by atoms with Gasteiger partial charge in [-0.1, -0.05) is 65.2 Å². The molecule has 0 saturated heterocycles. The maximum Gasteiger partial charge on any atom is 0.232 e. The van der Waals surface area contributed by atoms with E-state index < -0.39 is 10.0 Å². The van der Waals surface area contributed by atoms with Crippen molar-refractivity contribution in [3.05, 3.63) is 29.8 Å². The molecule has 1 atom stereocenters. The average Bonchev–Trinajstić information content (AvgIpc) is 2.64. The van der Waals surface area contributed by atoms with E-state index in [1.807, 2.05) is 24.3 Å². The van der Waals surface area contributed by atoms with Gasteiger partial charge in [0.15, 0.2) is 0 Å². The summed E-state index contributed by atoms with van der Waals surface area (Å²) < 4.78 is 26.2. The predicted octanol–water partition coefficient (Wildman–Crippen LogP) is 4.69. The summed E-state index contributed by atoms with van der Waals surface area (Å²) in [6.07, 6.45) is 6.62. The second-order valence-electron chi connectivity index (χ2n) is 7.87. The number of benzene rings is 1. The van der Waals surface area contributed by atoms with Gasteiger partial charge in [0.05, 0.1) is 11.9 Å². The summed E-state index contributed by atoms with van der Waals surface area (Å²) in [4.78, 5) is 12.2. The zero-order valence-corrected chi connectivity index (χ0v) is 19.0. The van der Waals surface area contributed by atoms with Crippen molar-refractivity contribution >= 4 is 21.6 Å². The van der Waals surface area contributed by atoms with Crippen LogP contribution in [0.4, 0.5) is 5.69 Å². The summed E-state index contributed by atoms with van der Waals surface area (Å²) >= 11 is 0. The number of nitrogens with one attached hydrogen (secondary N) is 1. The van der Waals surface area contributed by atoms with E-state index in [1.165, 1.54) is 23.4 Å². The van der Waals surface area contributed by atoms with Crippen molar-refractivity contribution in [1.82, 2.24) is 5.32 Å². The van der Waals surface area contributed by atoms with E-state index >= 15 is 0 Å². The lowest BCUT2D eigenvalue weighted by atomic mass is 9.99. The number of anilines is 1. The van der Waals surface area contributed by atoms with Crippen LogP contribution in [-0.4, -0.2) is 33.7 Å². The molecule has 0 saturated carbocycles. The zero-order chi connectivity index (χ0) is 21.2. The van der Waals surface area contributed by atoms with E-state index in [4.69, 9.17) is 0 Å². The molecule has 1 aromatic carbocycles. The van der Waals surface area contributed by atoms with Crippen LogP contribution in [0.1, 0.15) is 77.7 Å². The lowest BCUT2D eigenvalue weighted by Crippen LogP contribution is -2.33. The Labute approximate surface area is 172 Å². The van der Waals surface area contributed by atoms with Crippen LogP contribution in [0.3, 0.4) is 0 Å². The zero-order valence-electron chi connectivity index (χ0n) is 18.2. The predicted molar refractivity (Wildman–Crippen MR) is 118 cm³/mol. The smallest absolute Gasteiger partial charge is 0.232 e. The largest absolute Gasteiger partial charge is 0.356 e. The molecule has 1 aromatic rings. The van der Waals surface area contributed by atoms with Gasteiger partial charge in [0.2, 0.25) is 15.9 Å². The number of sulfonamides is 1. The maximum atomic E-state index is 12.4. The summed E-state index contributed by atoms with van der Waals surface area (Å²) in [5, 5.41) is 3.02. The van der Waals surface area contributed by atoms with E-state index in [2.05, 4.69) is 33.0 Å². The van der Waals surface area contributed by atoms with Crippen molar-refractivity contribution in [2.24, 2.45) is 5.92 Å². The van der Waals surface area contributed by atoms with Crippen molar-refractivity contribution in [1.29, 1.82) is 0 Å². The number of carbonyl (C=O) groups excluding carboxylic acids is 1. The van der Waals surface area contributed by atoms with Gasteiger partial charge in [0.1, 0.15) is 0 Å². The van der Waals surface area contributed by atoms with Crippen LogP contribution in [0.2, 0.25) is 0 Å². The summed E-state index contributed by atoms with van der Waals surface area (Å²) in [7, 11) is -3.41. The summed E-state index contributed by atoms with van der Waals surface area (Å²) in [6, 6.07) is 7.59. The number of rotatable bonds is 13. The third-order valence-corrected chi connectivity index (χ3v) is 6.30. The molecule has 0 spiro atoms. The van der Waals surface area contributed by atoms with Gasteiger partial charge in [-0.25, -0.2) is 8.42 Å². The topological polar surface area (TPSA) is 66.5 Å². The monoisotopic (exact) mass is 410 g/mol. The van der Waals surface area contributed by atoms with Gasteiger partial charge in [-0.15, -0.1) is 0 Å². The highest BCUT2D eigenvalue weighted by Gasteiger charge is 2.21. The Kier molecular flexibility index (Phi) is 10.6. The van der Waals surface area contributed by atoms with Crippen molar-refractivity contribution in [2.45, 2.75) is 72.1 Å². The molecular weight excluding hydrogens is 372 g/mol. The Bertz CT molecular complexity index is 701. The summed E-state index contributed by atoms with van der Waals surface area (Å²) in [6.45, 7) is 9.45. The quantitative estimate of drug-likeness (QED) is 0.513. The fraction of sp³-hybridized carbons (Fsp3) is 0.682. The molecular formula is C22H38N2O3S. The first-order chi connectivity index (χ1) is 13.2. The van der Waals surface area contributed by atoms with Crippen molar-refractivity contribution in [3.63, 3.8) is 0 Å². The molecule has 0 fully saturated rings. The average molecular weight is 411 g/mol. The number of unbranched alkanes of at least 4 members (excludes halogenated alkanes) is 1. The molecule has 1 amide bonds. The lowest BCUT2D eigenvalue weighted by Gasteiger charge is -2.26. The van der Waals surface area contributed by atoms with E-state index in [0.717, 1.165) is 18.4 Å². The van der Waals surface area contributed by atoms with Crippen molar-refractivity contribution < 1.29 is 13.2 Å². The van der Waals surface area contributed by atoms with Gasteiger partial charge in [-0.05, 0) is 36.3 Å². The Morgan fingerprint density at radius 1 is 1.14 bits per heavy atom. The molecule has 1 rings (SSSR count). The van der Waals surface area contributed by atoms with Crippen LogP contribution >= 0.6 is 0 Å². The molecule has 5 nitrogen and oxygen atoms in total. The second kappa shape index (κ2) is 12.1. The normalized spacial score (nSPS) is 12.8. The van der Waals surface area contributed by atoms with E-state index in [1.54, 1.807) is 0 Å². The number of amides is 1. The number of carbonyl (C=O) groups is 1. The van der Waals surface area contributed by atoms with Crippen molar-refractivity contribution in [2.75, 3.05) is 23.7 Å². The molecule has 0 bridgehead atoms. The molecule has 0 aliphatic carbocycles. The van der Waals surface area contributed by atoms with Crippen molar-refractivity contribution in [3.8, 4) is 0 Å². The Morgan fingerprint density at radius 3 is 2.39 bits per heavy atom. The lowest BCUT2D eigenvalue weighted by molar-refractivity contribution is -0.121. The fourth-order valence-corrected chi connectivity index (χ4v) is 4.33. The SMILES string of the molecule is CCCC[C@@H](CC)CNC(=O)CCCN(c1ccccc1C(C)C)S(C)(=O)=O. The molecule has 1 N–H and O–H groups in total. The molecule has 6 heteroatoms. The molecule has 160 valence electrons. The highest BCUT2D eigenvalue weighted by atomic mass is 32.2. The van der Waals surface area contributed by atoms with Crippen LogP contribution in [0.25, 0.3) is 0 Å². The Hall–Kier alpha value is -1.56. The van der Waals surface area contributed by atoms with Crippen LogP contribution in [-0.2, 0) is 14.8 Å². The second-order valence-corrected chi connectivity index (χ2v) is 9.78. The first-order valence-corrected chi connectivity index (χ1v) is 12.4.